The number of nitrogens with one attached hydrogen (secondary N) is 1. The minimum absolute atomic E-state index is 0.0312. The van der Waals surface area contributed by atoms with Crippen LogP contribution in [0, 0.1) is 18.8 Å². The van der Waals surface area contributed by atoms with Gasteiger partial charge in [-0.2, -0.15) is 0 Å². The van der Waals surface area contributed by atoms with Crippen molar-refractivity contribution in [2.24, 2.45) is 11.8 Å². The molecule has 1 unspecified atom stereocenters. The molecule has 2 N–H and O–H groups in total. The summed E-state index contributed by atoms with van der Waals surface area (Å²) >= 11 is 0. The molecular formula is C16H23NO4. The first-order valence-electron chi connectivity index (χ1n) is 6.98. The summed E-state index contributed by atoms with van der Waals surface area (Å²) in [6.45, 7) is 5.74. The highest BCUT2D eigenvalue weighted by Gasteiger charge is 2.22. The number of carboxylic acids is 1. The molecule has 1 amide bonds. The standard InChI is InChI=1S/C16H23NO4/c1-10(2)13(16(19)20)9-17-15(18)8-12-7-11(3)5-6-14(12)21-4/h5-7,10,13H,8-9H2,1-4H3,(H,17,18)(H,19,20). The zero-order chi connectivity index (χ0) is 16.0. The first-order valence-corrected chi connectivity index (χ1v) is 6.98. The zero-order valence-electron chi connectivity index (χ0n) is 13.0. The predicted octanol–water partition coefficient (Wildman–Crippen LogP) is 2.02. The summed E-state index contributed by atoms with van der Waals surface area (Å²) < 4.78 is 5.23. The van der Waals surface area contributed by atoms with E-state index in [2.05, 4.69) is 5.32 Å². The summed E-state index contributed by atoms with van der Waals surface area (Å²) in [4.78, 5) is 23.1. The first-order chi connectivity index (χ1) is 9.85. The van der Waals surface area contributed by atoms with Crippen molar-refractivity contribution in [1.82, 2.24) is 5.32 Å². The molecule has 0 aromatic heterocycles. The van der Waals surface area contributed by atoms with Gasteiger partial charge in [-0.3, -0.25) is 9.59 Å². The Hall–Kier alpha value is -2.04. The number of amides is 1. The lowest BCUT2D eigenvalue weighted by atomic mass is 9.96. The maximum absolute atomic E-state index is 12.0. The van der Waals surface area contributed by atoms with Crippen LogP contribution in [-0.4, -0.2) is 30.6 Å². The summed E-state index contributed by atoms with van der Waals surface area (Å²) in [7, 11) is 1.56. The molecule has 0 aliphatic carbocycles. The molecule has 1 aromatic rings. The number of hydrogen-bond acceptors (Lipinski definition) is 3. The third-order valence-corrected chi connectivity index (χ3v) is 3.43. The van der Waals surface area contributed by atoms with Crippen molar-refractivity contribution in [2.45, 2.75) is 27.2 Å². The van der Waals surface area contributed by atoms with Crippen molar-refractivity contribution in [3.05, 3.63) is 29.3 Å². The molecule has 1 aromatic carbocycles. The Morgan fingerprint density at radius 1 is 1.33 bits per heavy atom. The molecule has 0 fully saturated rings. The minimum Gasteiger partial charge on any atom is -0.496 e. The normalized spacial score (nSPS) is 12.0. The van der Waals surface area contributed by atoms with Gasteiger partial charge in [0.25, 0.3) is 0 Å². The topological polar surface area (TPSA) is 75.6 Å². The number of aryl methyl sites for hydroxylation is 1. The Morgan fingerprint density at radius 2 is 2.00 bits per heavy atom. The monoisotopic (exact) mass is 293 g/mol. The van der Waals surface area contributed by atoms with Crippen LogP contribution in [0.3, 0.4) is 0 Å². The highest BCUT2D eigenvalue weighted by molar-refractivity contribution is 5.80. The number of benzene rings is 1. The van der Waals surface area contributed by atoms with Crippen molar-refractivity contribution >= 4 is 11.9 Å². The molecule has 0 aliphatic rings. The van der Waals surface area contributed by atoms with Crippen LogP contribution in [-0.2, 0) is 16.0 Å². The lowest BCUT2D eigenvalue weighted by molar-refractivity contribution is -0.143. The smallest absolute Gasteiger partial charge is 0.308 e. The molecule has 0 aliphatic heterocycles. The quantitative estimate of drug-likeness (QED) is 0.806. The van der Waals surface area contributed by atoms with Crippen LogP contribution < -0.4 is 10.1 Å². The molecule has 0 saturated carbocycles. The molecular weight excluding hydrogens is 270 g/mol. The van der Waals surface area contributed by atoms with Gasteiger partial charge in [0.15, 0.2) is 0 Å². The summed E-state index contributed by atoms with van der Waals surface area (Å²) in [5, 5.41) is 11.8. The third kappa shape index (κ3) is 5.10. The van der Waals surface area contributed by atoms with Gasteiger partial charge in [-0.15, -0.1) is 0 Å². The molecule has 0 spiro atoms. The highest BCUT2D eigenvalue weighted by Crippen LogP contribution is 2.20. The molecule has 0 radical (unpaired) electrons. The van der Waals surface area contributed by atoms with Crippen molar-refractivity contribution in [1.29, 1.82) is 0 Å². The largest absolute Gasteiger partial charge is 0.496 e. The number of carboxylic acid groups (broad SMARTS) is 1. The van der Waals surface area contributed by atoms with Crippen molar-refractivity contribution in [2.75, 3.05) is 13.7 Å². The molecule has 0 saturated heterocycles. The van der Waals surface area contributed by atoms with E-state index in [4.69, 9.17) is 9.84 Å². The molecule has 21 heavy (non-hydrogen) atoms. The minimum atomic E-state index is -0.890. The number of hydrogen-bond donors (Lipinski definition) is 2. The molecule has 5 heteroatoms. The molecule has 0 heterocycles. The van der Waals surface area contributed by atoms with Crippen LogP contribution in [0.25, 0.3) is 0 Å². The second-order valence-corrected chi connectivity index (χ2v) is 5.48. The van der Waals surface area contributed by atoms with Gasteiger partial charge in [0.05, 0.1) is 19.4 Å². The number of methoxy groups -OCH3 is 1. The van der Waals surface area contributed by atoms with Crippen LogP contribution in [0.15, 0.2) is 18.2 Å². The number of carbonyl (C=O) groups excluding carboxylic acids is 1. The maximum Gasteiger partial charge on any atom is 0.308 e. The van der Waals surface area contributed by atoms with Crippen LogP contribution in [0.2, 0.25) is 0 Å². The van der Waals surface area contributed by atoms with E-state index in [1.807, 2.05) is 39.0 Å². The van der Waals surface area contributed by atoms with Gasteiger partial charge in [0.2, 0.25) is 5.91 Å². The SMILES string of the molecule is COc1ccc(C)cc1CC(=O)NCC(C(=O)O)C(C)C. The van der Waals surface area contributed by atoms with Crippen LogP contribution in [0.5, 0.6) is 5.75 Å². The summed E-state index contributed by atoms with van der Waals surface area (Å²) in [6.07, 6.45) is 0.176. The van der Waals surface area contributed by atoms with Gasteiger partial charge < -0.3 is 15.2 Å². The third-order valence-electron chi connectivity index (χ3n) is 3.43. The lowest BCUT2D eigenvalue weighted by Gasteiger charge is -2.17. The van der Waals surface area contributed by atoms with E-state index in [0.29, 0.717) is 5.75 Å². The fourth-order valence-corrected chi connectivity index (χ4v) is 2.11. The summed E-state index contributed by atoms with van der Waals surface area (Å²) in [5.41, 5.74) is 1.84. The van der Waals surface area contributed by atoms with Crippen molar-refractivity contribution in [3.8, 4) is 5.75 Å². The predicted molar refractivity (Wildman–Crippen MR) is 80.4 cm³/mol. The molecule has 1 rings (SSSR count). The van der Waals surface area contributed by atoms with E-state index >= 15 is 0 Å². The van der Waals surface area contributed by atoms with E-state index in [1.54, 1.807) is 7.11 Å². The van der Waals surface area contributed by atoms with Crippen LogP contribution >= 0.6 is 0 Å². The van der Waals surface area contributed by atoms with Gasteiger partial charge in [-0.25, -0.2) is 0 Å². The highest BCUT2D eigenvalue weighted by atomic mass is 16.5. The Balaban J connectivity index is 2.66. The fourth-order valence-electron chi connectivity index (χ4n) is 2.11. The Kier molecular flexibility index (Phi) is 6.21. The Bertz CT molecular complexity index is 511. The van der Waals surface area contributed by atoms with Gasteiger partial charge in [0.1, 0.15) is 5.75 Å². The summed E-state index contributed by atoms with van der Waals surface area (Å²) in [5.74, 6) is -1.04. The molecule has 1 atom stereocenters. The average Bonchev–Trinajstić information content (AvgIpc) is 2.38. The first kappa shape index (κ1) is 17.0. The Morgan fingerprint density at radius 3 is 2.52 bits per heavy atom. The van der Waals surface area contributed by atoms with Gasteiger partial charge in [-0.05, 0) is 18.9 Å². The molecule has 5 nitrogen and oxygen atoms in total. The molecule has 116 valence electrons. The fraction of sp³-hybridized carbons (Fsp3) is 0.500. The van der Waals surface area contributed by atoms with Crippen LogP contribution in [0.4, 0.5) is 0 Å². The van der Waals surface area contributed by atoms with Crippen LogP contribution in [0.1, 0.15) is 25.0 Å². The number of carbonyl (C=O) groups is 2. The number of aliphatic carboxylic acids is 1. The van der Waals surface area contributed by atoms with Crippen molar-refractivity contribution in [3.63, 3.8) is 0 Å². The number of ether oxygens (including phenoxy) is 1. The van der Waals surface area contributed by atoms with E-state index in [-0.39, 0.29) is 24.8 Å². The second-order valence-electron chi connectivity index (χ2n) is 5.48. The van der Waals surface area contributed by atoms with Crippen molar-refractivity contribution < 1.29 is 19.4 Å². The van der Waals surface area contributed by atoms with E-state index < -0.39 is 11.9 Å². The lowest BCUT2D eigenvalue weighted by Crippen LogP contribution is -2.36. The van der Waals surface area contributed by atoms with Gasteiger partial charge >= 0.3 is 5.97 Å². The van der Waals surface area contributed by atoms with Gasteiger partial charge in [0, 0.05) is 12.1 Å². The average molecular weight is 293 g/mol. The molecule has 0 bridgehead atoms. The second kappa shape index (κ2) is 7.67. The Labute approximate surface area is 125 Å². The van der Waals surface area contributed by atoms with E-state index in [0.717, 1.165) is 11.1 Å². The summed E-state index contributed by atoms with van der Waals surface area (Å²) in [6, 6.07) is 5.64. The van der Waals surface area contributed by atoms with E-state index in [1.165, 1.54) is 0 Å². The van der Waals surface area contributed by atoms with Gasteiger partial charge in [-0.1, -0.05) is 31.5 Å². The van der Waals surface area contributed by atoms with E-state index in [9.17, 15) is 9.59 Å². The number of rotatable bonds is 7. The maximum atomic E-state index is 12.0. The zero-order valence-corrected chi connectivity index (χ0v) is 13.0.